The maximum absolute atomic E-state index is 12.5. The van der Waals surface area contributed by atoms with Gasteiger partial charge in [-0.3, -0.25) is 4.79 Å². The third-order valence-electron chi connectivity index (χ3n) is 12.4. The summed E-state index contributed by atoms with van der Waals surface area (Å²) in [6.45, 7) is 4.27. The molecule has 4 heteroatoms. The SMILES string of the molecule is CC/C=C\C/C=C\C/C=C\C/C=C\CCCCCCCCCCCCCCCCC(=O)NC(CO)C(O)CCCCCCCCCCCCCCCCCCCCCCC. The summed E-state index contributed by atoms with van der Waals surface area (Å²) < 4.78 is 0. The molecule has 0 saturated carbocycles. The molecule has 3 N–H and O–H groups in total. The van der Waals surface area contributed by atoms with Gasteiger partial charge in [0.25, 0.3) is 0 Å². The molecule has 0 spiro atoms. The average Bonchev–Trinajstić information content (AvgIpc) is 3.25. The van der Waals surface area contributed by atoms with Crippen LogP contribution in [0.3, 0.4) is 0 Å². The van der Waals surface area contributed by atoms with Gasteiger partial charge in [-0.05, 0) is 51.4 Å². The molecule has 0 saturated heterocycles. The normalized spacial score (nSPS) is 13.2. The van der Waals surface area contributed by atoms with Gasteiger partial charge in [-0.25, -0.2) is 0 Å². The molecule has 0 heterocycles. The molecule has 1 amide bonds. The van der Waals surface area contributed by atoms with E-state index in [1.54, 1.807) is 0 Å². The Hall–Kier alpha value is -1.65. The highest BCUT2D eigenvalue weighted by atomic mass is 16.3. The molecule has 0 aromatic heterocycles. The van der Waals surface area contributed by atoms with Gasteiger partial charge in [0.2, 0.25) is 5.91 Å². The topological polar surface area (TPSA) is 69.6 Å². The lowest BCUT2D eigenvalue weighted by atomic mass is 10.0. The summed E-state index contributed by atoms with van der Waals surface area (Å²) in [5.41, 5.74) is 0. The molecule has 0 bridgehead atoms. The predicted octanol–water partition coefficient (Wildman–Crippen LogP) is 17.5. The van der Waals surface area contributed by atoms with Crippen molar-refractivity contribution in [2.75, 3.05) is 6.61 Å². The predicted molar refractivity (Wildman–Crippen MR) is 267 cm³/mol. The van der Waals surface area contributed by atoms with Crippen molar-refractivity contribution in [2.24, 2.45) is 0 Å². The summed E-state index contributed by atoms with van der Waals surface area (Å²) in [4.78, 5) is 12.5. The Morgan fingerprint density at radius 1 is 0.417 bits per heavy atom. The third-order valence-corrected chi connectivity index (χ3v) is 12.4. The van der Waals surface area contributed by atoms with Crippen molar-refractivity contribution in [3.05, 3.63) is 48.6 Å². The lowest BCUT2D eigenvalue weighted by Crippen LogP contribution is -2.45. The van der Waals surface area contributed by atoms with E-state index in [9.17, 15) is 15.0 Å². The Morgan fingerprint density at radius 2 is 0.733 bits per heavy atom. The van der Waals surface area contributed by atoms with E-state index >= 15 is 0 Å². The minimum atomic E-state index is -0.661. The van der Waals surface area contributed by atoms with Crippen LogP contribution in [0.1, 0.15) is 284 Å². The van der Waals surface area contributed by atoms with E-state index in [0.717, 1.165) is 51.4 Å². The van der Waals surface area contributed by atoms with Crippen LogP contribution < -0.4 is 5.32 Å². The molecule has 4 nitrogen and oxygen atoms in total. The van der Waals surface area contributed by atoms with Crippen LogP contribution >= 0.6 is 0 Å². The highest BCUT2D eigenvalue weighted by Crippen LogP contribution is 2.17. The number of aliphatic hydroxyl groups is 2. The number of rotatable bonds is 49. The minimum Gasteiger partial charge on any atom is -0.394 e. The number of hydrogen-bond acceptors (Lipinski definition) is 3. The molecule has 0 rings (SSSR count). The van der Waals surface area contributed by atoms with Crippen LogP contribution in [0.5, 0.6) is 0 Å². The van der Waals surface area contributed by atoms with Crippen LogP contribution in [-0.2, 0) is 4.79 Å². The van der Waals surface area contributed by atoms with Crippen molar-refractivity contribution >= 4 is 5.91 Å². The molecule has 0 aromatic carbocycles. The Bertz CT molecular complexity index is 954. The molecule has 2 atom stereocenters. The number of carbonyl (C=O) groups excluding carboxylic acids is 1. The van der Waals surface area contributed by atoms with Crippen LogP contribution in [0.4, 0.5) is 0 Å². The van der Waals surface area contributed by atoms with Crippen LogP contribution in [-0.4, -0.2) is 34.9 Å². The Labute approximate surface area is 375 Å². The summed E-state index contributed by atoms with van der Waals surface area (Å²) in [6.07, 6.45) is 70.8. The largest absolute Gasteiger partial charge is 0.394 e. The monoisotopic (exact) mass is 840 g/mol. The molecule has 60 heavy (non-hydrogen) atoms. The van der Waals surface area contributed by atoms with Crippen molar-refractivity contribution in [1.29, 1.82) is 0 Å². The van der Waals surface area contributed by atoms with Gasteiger partial charge in [0.1, 0.15) is 0 Å². The highest BCUT2D eigenvalue weighted by Gasteiger charge is 2.20. The van der Waals surface area contributed by atoms with E-state index in [-0.39, 0.29) is 12.5 Å². The number of hydrogen-bond donors (Lipinski definition) is 3. The van der Waals surface area contributed by atoms with Crippen molar-refractivity contribution in [1.82, 2.24) is 5.32 Å². The first-order chi connectivity index (χ1) is 29.7. The first-order valence-corrected chi connectivity index (χ1v) is 26.8. The van der Waals surface area contributed by atoms with Crippen LogP contribution in [0.15, 0.2) is 48.6 Å². The molecule has 352 valence electrons. The fourth-order valence-electron chi connectivity index (χ4n) is 8.30. The van der Waals surface area contributed by atoms with Gasteiger partial charge in [-0.15, -0.1) is 0 Å². The number of nitrogens with one attached hydrogen (secondary N) is 1. The summed E-state index contributed by atoms with van der Waals surface area (Å²) >= 11 is 0. The fourth-order valence-corrected chi connectivity index (χ4v) is 8.30. The molecule has 0 radical (unpaired) electrons. The second-order valence-corrected chi connectivity index (χ2v) is 18.3. The summed E-state index contributed by atoms with van der Waals surface area (Å²) in [5.74, 6) is -0.0299. The minimum absolute atomic E-state index is 0.0299. The van der Waals surface area contributed by atoms with Crippen LogP contribution in [0, 0.1) is 0 Å². The molecule has 0 aliphatic carbocycles. The molecule has 0 aromatic rings. The second kappa shape index (κ2) is 51.7. The summed E-state index contributed by atoms with van der Waals surface area (Å²) in [6, 6.07) is -0.538. The average molecular weight is 840 g/mol. The summed E-state index contributed by atoms with van der Waals surface area (Å²) in [5, 5.41) is 23.3. The van der Waals surface area contributed by atoms with E-state index in [1.807, 2.05) is 0 Å². The molecular weight excluding hydrogens is 735 g/mol. The third kappa shape index (κ3) is 47.4. The van der Waals surface area contributed by atoms with Crippen LogP contribution in [0.25, 0.3) is 0 Å². The maximum atomic E-state index is 12.5. The zero-order valence-corrected chi connectivity index (χ0v) is 40.5. The first kappa shape index (κ1) is 58.4. The molecule has 0 aliphatic rings. The van der Waals surface area contributed by atoms with Gasteiger partial charge in [0.15, 0.2) is 0 Å². The smallest absolute Gasteiger partial charge is 0.220 e. The zero-order chi connectivity index (χ0) is 43.5. The molecule has 0 aliphatic heterocycles. The van der Waals surface area contributed by atoms with Gasteiger partial charge < -0.3 is 15.5 Å². The number of amides is 1. The number of unbranched alkanes of at least 4 members (excludes halogenated alkanes) is 34. The molecule has 2 unspecified atom stereocenters. The summed E-state index contributed by atoms with van der Waals surface area (Å²) in [7, 11) is 0. The van der Waals surface area contributed by atoms with Crippen LogP contribution in [0.2, 0.25) is 0 Å². The van der Waals surface area contributed by atoms with Gasteiger partial charge in [-0.1, -0.05) is 274 Å². The molecule has 0 fully saturated rings. The van der Waals surface area contributed by atoms with Crippen molar-refractivity contribution in [3.8, 4) is 0 Å². The standard InChI is InChI=1S/C56H105NO3/c1-3-5-7-9-11-13-15-17-19-21-23-25-26-27-28-29-30-32-34-36-38-40-42-44-46-48-50-52-56(60)57-54(53-58)55(59)51-49-47-45-43-41-39-37-35-33-31-24-22-20-18-16-14-12-10-8-6-4-2/h5,7,11,13,17,19,23,25,54-55,58-59H,3-4,6,8-10,12,14-16,18,20-22,24,26-53H2,1-2H3,(H,57,60)/b7-5-,13-11-,19-17-,25-23-. The lowest BCUT2D eigenvalue weighted by Gasteiger charge is -2.22. The molecular formula is C56H105NO3. The number of allylic oxidation sites excluding steroid dienone is 8. The fraction of sp³-hybridized carbons (Fsp3) is 0.839. The lowest BCUT2D eigenvalue weighted by molar-refractivity contribution is -0.123. The van der Waals surface area contributed by atoms with Gasteiger partial charge >= 0.3 is 0 Å². The van der Waals surface area contributed by atoms with E-state index in [1.165, 1.54) is 205 Å². The first-order valence-electron chi connectivity index (χ1n) is 26.8. The zero-order valence-electron chi connectivity index (χ0n) is 40.5. The van der Waals surface area contributed by atoms with Crippen molar-refractivity contribution < 1.29 is 15.0 Å². The van der Waals surface area contributed by atoms with E-state index in [2.05, 4.69) is 67.8 Å². The maximum Gasteiger partial charge on any atom is 0.220 e. The number of aliphatic hydroxyl groups excluding tert-OH is 2. The second-order valence-electron chi connectivity index (χ2n) is 18.3. The van der Waals surface area contributed by atoms with Crippen molar-refractivity contribution in [2.45, 2.75) is 296 Å². The van der Waals surface area contributed by atoms with Crippen molar-refractivity contribution in [3.63, 3.8) is 0 Å². The highest BCUT2D eigenvalue weighted by molar-refractivity contribution is 5.76. The van der Waals surface area contributed by atoms with Gasteiger partial charge in [0, 0.05) is 6.42 Å². The van der Waals surface area contributed by atoms with E-state index < -0.39 is 12.1 Å². The Morgan fingerprint density at radius 3 is 1.10 bits per heavy atom. The van der Waals surface area contributed by atoms with E-state index in [4.69, 9.17) is 0 Å². The van der Waals surface area contributed by atoms with E-state index in [0.29, 0.717) is 12.8 Å². The quantitative estimate of drug-likeness (QED) is 0.0422. The van der Waals surface area contributed by atoms with Gasteiger partial charge in [0.05, 0.1) is 18.8 Å². The van der Waals surface area contributed by atoms with Gasteiger partial charge in [-0.2, -0.15) is 0 Å². The number of carbonyl (C=O) groups is 1. The Balaban J connectivity index is 3.47. The Kier molecular flexibility index (Phi) is 50.3.